The molecule has 2 rings (SSSR count). The number of hydrogen-bond acceptors (Lipinski definition) is 1. The summed E-state index contributed by atoms with van der Waals surface area (Å²) in [4.78, 5) is 0. The molecule has 0 heterocycles. The van der Waals surface area contributed by atoms with E-state index in [1.165, 1.54) is 44.2 Å². The van der Waals surface area contributed by atoms with Crippen LogP contribution in [0.2, 0.25) is 0 Å². The zero-order chi connectivity index (χ0) is 12.8. The minimum absolute atomic E-state index is 0.579. The third kappa shape index (κ3) is 3.84. The Bertz CT molecular complexity index is 338. The molecule has 1 aromatic rings. The largest absolute Gasteiger partial charge is 0.316 e. The van der Waals surface area contributed by atoms with Gasteiger partial charge in [0.05, 0.1) is 0 Å². The van der Waals surface area contributed by atoms with E-state index < -0.39 is 0 Å². The molecule has 1 unspecified atom stereocenters. The van der Waals surface area contributed by atoms with E-state index in [1.807, 2.05) is 0 Å². The highest BCUT2D eigenvalue weighted by atomic mass is 14.9. The lowest BCUT2D eigenvalue weighted by atomic mass is 9.89. The third-order valence-electron chi connectivity index (χ3n) is 4.49. The maximum absolute atomic E-state index is 3.67. The number of benzene rings is 1. The van der Waals surface area contributed by atoms with Gasteiger partial charge in [-0.3, -0.25) is 0 Å². The molecule has 1 heteroatoms. The molecule has 0 bridgehead atoms. The lowest BCUT2D eigenvalue weighted by Gasteiger charge is -2.24. The van der Waals surface area contributed by atoms with Crippen LogP contribution in [0.25, 0.3) is 0 Å². The summed E-state index contributed by atoms with van der Waals surface area (Å²) in [5.74, 6) is 0.662. The zero-order valence-electron chi connectivity index (χ0n) is 11.9. The van der Waals surface area contributed by atoms with Crippen LogP contribution in [-0.2, 0) is 0 Å². The smallest absolute Gasteiger partial charge is 0.000516 e. The van der Waals surface area contributed by atoms with Crippen molar-refractivity contribution in [2.75, 3.05) is 13.1 Å². The molecular formula is C17H27N. The van der Waals surface area contributed by atoms with E-state index in [4.69, 9.17) is 0 Å². The highest BCUT2D eigenvalue weighted by Crippen LogP contribution is 2.36. The molecule has 1 N–H and O–H groups in total. The SMILES string of the molecule is CC(CCNCC1(C)CCCC1)c1ccccc1. The maximum atomic E-state index is 3.67. The Morgan fingerprint density at radius 2 is 1.83 bits per heavy atom. The summed E-state index contributed by atoms with van der Waals surface area (Å²) in [6, 6.07) is 10.8. The predicted molar refractivity (Wildman–Crippen MR) is 78.9 cm³/mol. The van der Waals surface area contributed by atoms with Gasteiger partial charge in [-0.2, -0.15) is 0 Å². The first-order chi connectivity index (χ1) is 8.70. The Morgan fingerprint density at radius 3 is 2.50 bits per heavy atom. The average molecular weight is 245 g/mol. The topological polar surface area (TPSA) is 12.0 Å². The second-order valence-corrected chi connectivity index (χ2v) is 6.29. The standard InChI is InChI=1S/C17H27N/c1-15(16-8-4-3-5-9-16)10-13-18-14-17(2)11-6-7-12-17/h3-5,8-9,15,18H,6-7,10-14H2,1-2H3. The van der Waals surface area contributed by atoms with E-state index in [0.29, 0.717) is 11.3 Å². The first-order valence-corrected chi connectivity index (χ1v) is 7.45. The van der Waals surface area contributed by atoms with Crippen LogP contribution < -0.4 is 5.32 Å². The van der Waals surface area contributed by atoms with Crippen molar-refractivity contribution < 1.29 is 0 Å². The van der Waals surface area contributed by atoms with Gasteiger partial charge < -0.3 is 5.32 Å². The molecule has 0 amide bonds. The molecule has 1 saturated carbocycles. The Balaban J connectivity index is 1.66. The highest BCUT2D eigenvalue weighted by molar-refractivity contribution is 5.18. The monoisotopic (exact) mass is 245 g/mol. The molecule has 0 saturated heterocycles. The van der Waals surface area contributed by atoms with Crippen LogP contribution >= 0.6 is 0 Å². The zero-order valence-corrected chi connectivity index (χ0v) is 11.9. The van der Waals surface area contributed by atoms with Gasteiger partial charge in [0.15, 0.2) is 0 Å². The quantitative estimate of drug-likeness (QED) is 0.735. The van der Waals surface area contributed by atoms with Crippen molar-refractivity contribution in [2.45, 2.75) is 51.9 Å². The van der Waals surface area contributed by atoms with Crippen LogP contribution in [0.4, 0.5) is 0 Å². The van der Waals surface area contributed by atoms with E-state index in [9.17, 15) is 0 Å². The molecule has 1 fully saturated rings. The molecule has 1 aliphatic rings. The third-order valence-corrected chi connectivity index (χ3v) is 4.49. The summed E-state index contributed by atoms with van der Waals surface area (Å²) < 4.78 is 0. The van der Waals surface area contributed by atoms with Crippen LogP contribution in [0, 0.1) is 5.41 Å². The van der Waals surface area contributed by atoms with Gasteiger partial charge >= 0.3 is 0 Å². The lowest BCUT2D eigenvalue weighted by molar-refractivity contribution is 0.314. The van der Waals surface area contributed by atoms with Gasteiger partial charge in [0.2, 0.25) is 0 Å². The van der Waals surface area contributed by atoms with Crippen molar-refractivity contribution in [3.8, 4) is 0 Å². The second kappa shape index (κ2) is 6.38. The van der Waals surface area contributed by atoms with Gasteiger partial charge in [0.1, 0.15) is 0 Å². The van der Waals surface area contributed by atoms with Gasteiger partial charge in [0, 0.05) is 6.54 Å². The van der Waals surface area contributed by atoms with Crippen LogP contribution in [0.1, 0.15) is 57.4 Å². The second-order valence-electron chi connectivity index (χ2n) is 6.29. The van der Waals surface area contributed by atoms with Crippen molar-refractivity contribution in [3.05, 3.63) is 35.9 Å². The van der Waals surface area contributed by atoms with Crippen molar-refractivity contribution >= 4 is 0 Å². The first-order valence-electron chi connectivity index (χ1n) is 7.45. The summed E-state index contributed by atoms with van der Waals surface area (Å²) in [7, 11) is 0. The molecule has 0 spiro atoms. The number of nitrogens with one attached hydrogen (secondary N) is 1. The van der Waals surface area contributed by atoms with Crippen LogP contribution in [0.15, 0.2) is 30.3 Å². The fourth-order valence-corrected chi connectivity index (χ4v) is 3.06. The Labute approximate surface area is 112 Å². The van der Waals surface area contributed by atoms with Crippen LogP contribution in [-0.4, -0.2) is 13.1 Å². The molecule has 100 valence electrons. The summed E-state index contributed by atoms with van der Waals surface area (Å²) >= 11 is 0. The highest BCUT2D eigenvalue weighted by Gasteiger charge is 2.27. The molecule has 1 nitrogen and oxygen atoms in total. The summed E-state index contributed by atoms with van der Waals surface area (Å²) in [6.07, 6.45) is 6.92. The maximum Gasteiger partial charge on any atom is 0.000516 e. The minimum Gasteiger partial charge on any atom is -0.316 e. The van der Waals surface area contributed by atoms with Crippen LogP contribution in [0.3, 0.4) is 0 Å². The van der Waals surface area contributed by atoms with E-state index in [2.05, 4.69) is 49.5 Å². The Kier molecular flexibility index (Phi) is 4.82. The summed E-state index contributed by atoms with van der Waals surface area (Å²) in [5, 5.41) is 3.67. The van der Waals surface area contributed by atoms with Gasteiger partial charge in [-0.15, -0.1) is 0 Å². The van der Waals surface area contributed by atoms with E-state index in [1.54, 1.807) is 0 Å². The molecule has 0 radical (unpaired) electrons. The van der Waals surface area contributed by atoms with Crippen molar-refractivity contribution in [1.29, 1.82) is 0 Å². The normalized spacial score (nSPS) is 19.9. The predicted octanol–water partition coefficient (Wildman–Crippen LogP) is 4.35. The Morgan fingerprint density at radius 1 is 1.17 bits per heavy atom. The van der Waals surface area contributed by atoms with Crippen molar-refractivity contribution in [3.63, 3.8) is 0 Å². The lowest BCUT2D eigenvalue weighted by Crippen LogP contribution is -2.30. The molecule has 0 aliphatic heterocycles. The van der Waals surface area contributed by atoms with Gasteiger partial charge in [-0.25, -0.2) is 0 Å². The minimum atomic E-state index is 0.579. The first kappa shape index (κ1) is 13.6. The summed E-state index contributed by atoms with van der Waals surface area (Å²) in [5.41, 5.74) is 2.04. The summed E-state index contributed by atoms with van der Waals surface area (Å²) in [6.45, 7) is 7.11. The van der Waals surface area contributed by atoms with E-state index >= 15 is 0 Å². The molecular weight excluding hydrogens is 218 g/mol. The fourth-order valence-electron chi connectivity index (χ4n) is 3.06. The molecule has 1 aromatic carbocycles. The number of rotatable bonds is 6. The van der Waals surface area contributed by atoms with Gasteiger partial charge in [-0.05, 0) is 42.7 Å². The molecule has 1 atom stereocenters. The fraction of sp³-hybridized carbons (Fsp3) is 0.647. The van der Waals surface area contributed by atoms with Crippen molar-refractivity contribution in [2.24, 2.45) is 5.41 Å². The van der Waals surface area contributed by atoms with E-state index in [-0.39, 0.29) is 0 Å². The van der Waals surface area contributed by atoms with Gasteiger partial charge in [0.25, 0.3) is 0 Å². The molecule has 1 aliphatic carbocycles. The molecule has 0 aromatic heterocycles. The van der Waals surface area contributed by atoms with Gasteiger partial charge in [-0.1, -0.05) is 57.0 Å². The van der Waals surface area contributed by atoms with Crippen molar-refractivity contribution in [1.82, 2.24) is 5.32 Å². The Hall–Kier alpha value is -0.820. The van der Waals surface area contributed by atoms with E-state index in [0.717, 1.165) is 6.54 Å². The molecule has 18 heavy (non-hydrogen) atoms. The number of hydrogen-bond donors (Lipinski definition) is 1. The average Bonchev–Trinajstić information content (AvgIpc) is 2.83. The van der Waals surface area contributed by atoms with Crippen LogP contribution in [0.5, 0.6) is 0 Å².